The zero-order valence-electron chi connectivity index (χ0n) is 26.0. The van der Waals surface area contributed by atoms with Crippen molar-refractivity contribution in [3.63, 3.8) is 0 Å². The molecular weight excluding hydrogens is 650 g/mol. The van der Waals surface area contributed by atoms with Crippen molar-refractivity contribution in [2.75, 3.05) is 11.1 Å². The predicted molar refractivity (Wildman–Crippen MR) is 202 cm³/mol. The maximum absolute atomic E-state index is 13.2. The smallest absolute Gasteiger partial charge is 0.307 e. The molecule has 0 aliphatic carbocycles. The van der Waals surface area contributed by atoms with Gasteiger partial charge in [-0.05, 0) is 71.8 Å². The van der Waals surface area contributed by atoms with E-state index >= 15 is 0 Å². The number of carbonyl (C=O) groups is 2. The predicted octanol–water partition coefficient (Wildman–Crippen LogP) is 9.06. The van der Waals surface area contributed by atoms with Crippen molar-refractivity contribution in [3.05, 3.63) is 145 Å². The van der Waals surface area contributed by atoms with E-state index in [2.05, 4.69) is 25.3 Å². The molecule has 51 heavy (non-hydrogen) atoms. The molecule has 8 aromatic rings. The van der Waals surface area contributed by atoms with Crippen LogP contribution >= 0.6 is 0 Å². The van der Waals surface area contributed by atoms with Crippen LogP contribution in [0.15, 0.2) is 122 Å². The molecule has 0 radical (unpaired) electrons. The Bertz CT molecular complexity index is 2440. The van der Waals surface area contributed by atoms with Crippen LogP contribution in [0.4, 0.5) is 20.2 Å². The van der Waals surface area contributed by atoms with Gasteiger partial charge in [0.05, 0.1) is 36.3 Å². The number of fused-ring (bicyclic) bond motifs is 6. The number of carboxylic acid groups (broad SMARTS) is 1. The van der Waals surface area contributed by atoms with Gasteiger partial charge in [0.2, 0.25) is 5.91 Å². The topological polar surface area (TPSA) is 150 Å². The number of aliphatic carboxylic acids is 1. The Balaban J connectivity index is 0.000000184. The number of carbonyl (C=O) groups excluding carboxylic acids is 1. The highest BCUT2D eigenvalue weighted by Gasteiger charge is 2.09. The molecular formula is C40H38F2N6O3. The van der Waals surface area contributed by atoms with E-state index in [1.807, 2.05) is 54.7 Å². The average Bonchev–Trinajstić information content (AvgIpc) is 3.62. The monoisotopic (exact) mass is 688 g/mol. The third-order valence-corrected chi connectivity index (χ3v) is 7.61. The molecule has 11 heteroatoms. The summed E-state index contributed by atoms with van der Waals surface area (Å²) in [6.45, 7) is 0. The summed E-state index contributed by atoms with van der Waals surface area (Å²) in [7, 11) is 0. The van der Waals surface area contributed by atoms with Crippen molar-refractivity contribution in [3.8, 4) is 0 Å². The third kappa shape index (κ3) is 9.30. The van der Waals surface area contributed by atoms with Crippen molar-refractivity contribution in [2.45, 2.75) is 27.7 Å². The SMILES string of the molecule is C.C.Nc1ccc2c(c1)[nH]c1cnccc12.O=C(Cc1cccc(F)c1)Nc1ccc2c(c1)[nH]c1cnccc12.O=C(O)Cc1cccc(F)c1. The molecule has 4 heterocycles. The van der Waals surface area contributed by atoms with Crippen molar-refractivity contribution in [1.82, 2.24) is 19.9 Å². The lowest BCUT2D eigenvalue weighted by Gasteiger charge is -2.06. The van der Waals surface area contributed by atoms with E-state index in [1.165, 1.54) is 41.1 Å². The molecule has 0 fully saturated rings. The van der Waals surface area contributed by atoms with Gasteiger partial charge in [-0.2, -0.15) is 0 Å². The molecule has 260 valence electrons. The number of aromatic nitrogens is 4. The first-order chi connectivity index (χ1) is 23.7. The van der Waals surface area contributed by atoms with E-state index in [-0.39, 0.29) is 39.4 Å². The second-order valence-corrected chi connectivity index (χ2v) is 11.2. The van der Waals surface area contributed by atoms with Crippen molar-refractivity contribution >= 4 is 66.9 Å². The van der Waals surface area contributed by atoms with Crippen LogP contribution in [0, 0.1) is 11.6 Å². The molecule has 4 aromatic carbocycles. The molecule has 0 spiro atoms. The first-order valence-electron chi connectivity index (χ1n) is 15.2. The summed E-state index contributed by atoms with van der Waals surface area (Å²) in [6, 6.07) is 27.2. The molecule has 1 amide bonds. The lowest BCUT2D eigenvalue weighted by molar-refractivity contribution is -0.136. The summed E-state index contributed by atoms with van der Waals surface area (Å²) in [5.41, 5.74) is 12.3. The lowest BCUT2D eigenvalue weighted by Crippen LogP contribution is -2.14. The van der Waals surface area contributed by atoms with Gasteiger partial charge in [0.1, 0.15) is 11.6 Å². The van der Waals surface area contributed by atoms with Gasteiger partial charge in [-0.1, -0.05) is 51.3 Å². The fourth-order valence-corrected chi connectivity index (χ4v) is 5.47. The minimum absolute atomic E-state index is 0. The van der Waals surface area contributed by atoms with Gasteiger partial charge < -0.3 is 26.1 Å². The molecule has 0 bridgehead atoms. The Morgan fingerprint density at radius 2 is 1.16 bits per heavy atom. The zero-order chi connectivity index (χ0) is 34.3. The standard InChI is InChI=1S/C19H14FN3O.C11H9N3.C8H7FO2.2CH4/c20-13-3-1-2-12(8-13)9-19(24)22-14-4-5-15-16-6-7-21-11-18(16)23-17(15)10-14;12-7-1-2-8-9-3-4-13-6-11(9)14-10(8)5-7;9-7-3-1-2-6(4-7)5-8(10)11;;/h1-8,10-11,23H,9H2,(H,22,24);1-6,14H,12H2;1-4H,5H2,(H,10,11);2*1H4. The number of benzene rings is 4. The van der Waals surface area contributed by atoms with Gasteiger partial charge >= 0.3 is 5.97 Å². The fraction of sp³-hybridized carbons (Fsp3) is 0.100. The molecule has 6 N–H and O–H groups in total. The van der Waals surface area contributed by atoms with Crippen LogP contribution in [0.1, 0.15) is 26.0 Å². The maximum atomic E-state index is 13.2. The number of carboxylic acids is 1. The number of amides is 1. The Morgan fingerprint density at radius 1 is 0.647 bits per heavy atom. The van der Waals surface area contributed by atoms with Crippen LogP contribution in [-0.2, 0) is 22.4 Å². The number of nitrogens with two attached hydrogens (primary N) is 1. The van der Waals surface area contributed by atoms with E-state index < -0.39 is 11.8 Å². The van der Waals surface area contributed by atoms with Crippen LogP contribution in [0.3, 0.4) is 0 Å². The number of aromatic amines is 2. The van der Waals surface area contributed by atoms with E-state index in [9.17, 15) is 18.4 Å². The number of pyridine rings is 2. The molecule has 0 unspecified atom stereocenters. The number of rotatable bonds is 5. The number of nitrogens with one attached hydrogen (secondary N) is 3. The second-order valence-electron chi connectivity index (χ2n) is 11.2. The van der Waals surface area contributed by atoms with Gasteiger partial charge in [0.25, 0.3) is 0 Å². The van der Waals surface area contributed by atoms with Gasteiger partial charge in [0.15, 0.2) is 0 Å². The van der Waals surface area contributed by atoms with Crippen molar-refractivity contribution in [2.24, 2.45) is 0 Å². The average molecular weight is 689 g/mol. The summed E-state index contributed by atoms with van der Waals surface area (Å²) in [6.07, 6.45) is 7.16. The van der Waals surface area contributed by atoms with Gasteiger partial charge in [0, 0.05) is 56.3 Å². The van der Waals surface area contributed by atoms with E-state index in [4.69, 9.17) is 10.8 Å². The van der Waals surface area contributed by atoms with E-state index in [0.717, 1.165) is 38.5 Å². The highest BCUT2D eigenvalue weighted by Crippen LogP contribution is 2.27. The molecule has 0 atom stereocenters. The fourth-order valence-electron chi connectivity index (χ4n) is 5.47. The molecule has 8 rings (SSSR count). The Kier molecular flexibility index (Phi) is 12.2. The Morgan fingerprint density at radius 3 is 1.71 bits per heavy atom. The number of hydrogen-bond donors (Lipinski definition) is 5. The normalized spacial score (nSPS) is 10.3. The molecule has 0 saturated heterocycles. The highest BCUT2D eigenvalue weighted by molar-refractivity contribution is 6.09. The number of halogens is 2. The Labute approximate surface area is 293 Å². The first-order valence-corrected chi connectivity index (χ1v) is 15.2. The largest absolute Gasteiger partial charge is 0.481 e. The summed E-state index contributed by atoms with van der Waals surface area (Å²) in [5.74, 6) is -1.87. The van der Waals surface area contributed by atoms with Gasteiger partial charge in [-0.3, -0.25) is 19.6 Å². The molecule has 0 aliphatic heterocycles. The summed E-state index contributed by atoms with van der Waals surface area (Å²) < 4.78 is 25.6. The number of nitrogen functional groups attached to an aromatic ring is 1. The summed E-state index contributed by atoms with van der Waals surface area (Å²) in [4.78, 5) is 37.0. The number of H-pyrrole nitrogens is 2. The molecule has 9 nitrogen and oxygen atoms in total. The van der Waals surface area contributed by atoms with Crippen LogP contribution in [0.2, 0.25) is 0 Å². The minimum atomic E-state index is -0.949. The minimum Gasteiger partial charge on any atom is -0.481 e. The molecule has 0 aliphatic rings. The molecule has 0 saturated carbocycles. The Hall–Kier alpha value is -6.62. The molecule has 4 aromatic heterocycles. The van der Waals surface area contributed by atoms with Crippen LogP contribution in [-0.4, -0.2) is 36.9 Å². The van der Waals surface area contributed by atoms with Crippen LogP contribution < -0.4 is 11.1 Å². The quantitative estimate of drug-likeness (QED) is 0.114. The zero-order valence-corrected chi connectivity index (χ0v) is 26.0. The maximum Gasteiger partial charge on any atom is 0.307 e. The second kappa shape index (κ2) is 16.7. The van der Waals surface area contributed by atoms with Gasteiger partial charge in [-0.25, -0.2) is 8.78 Å². The lowest BCUT2D eigenvalue weighted by atomic mass is 10.1. The van der Waals surface area contributed by atoms with E-state index in [1.54, 1.807) is 36.8 Å². The first kappa shape index (κ1) is 37.2. The van der Waals surface area contributed by atoms with Crippen LogP contribution in [0.25, 0.3) is 43.6 Å². The van der Waals surface area contributed by atoms with Crippen molar-refractivity contribution < 1.29 is 23.5 Å². The van der Waals surface area contributed by atoms with E-state index in [0.29, 0.717) is 16.8 Å². The summed E-state index contributed by atoms with van der Waals surface area (Å²) >= 11 is 0. The third-order valence-electron chi connectivity index (χ3n) is 7.61. The summed E-state index contributed by atoms with van der Waals surface area (Å²) in [5, 5.41) is 15.7. The highest BCUT2D eigenvalue weighted by atomic mass is 19.1. The van der Waals surface area contributed by atoms with Crippen LogP contribution in [0.5, 0.6) is 0 Å². The van der Waals surface area contributed by atoms with Gasteiger partial charge in [-0.15, -0.1) is 0 Å². The number of anilines is 2. The number of hydrogen-bond acceptors (Lipinski definition) is 5. The number of nitrogens with zero attached hydrogens (tertiary/aromatic N) is 2. The van der Waals surface area contributed by atoms with Crippen molar-refractivity contribution in [1.29, 1.82) is 0 Å².